The second kappa shape index (κ2) is 6.44. The number of rotatable bonds is 6. The van der Waals surface area contributed by atoms with Crippen LogP contribution in [0.15, 0.2) is 29.2 Å². The third-order valence-corrected chi connectivity index (χ3v) is 4.64. The van der Waals surface area contributed by atoms with Crippen molar-refractivity contribution in [1.82, 2.24) is 4.90 Å². The molecule has 21 heavy (non-hydrogen) atoms. The molecule has 1 unspecified atom stereocenters. The van der Waals surface area contributed by atoms with E-state index in [1.807, 2.05) is 4.90 Å². The summed E-state index contributed by atoms with van der Waals surface area (Å²) in [6.45, 7) is 1.60. The molecule has 0 spiro atoms. The Morgan fingerprint density at radius 1 is 1.48 bits per heavy atom. The first-order valence-corrected chi connectivity index (χ1v) is 8.67. The molecule has 0 bridgehead atoms. The number of aliphatic carboxylic acids is 1. The van der Waals surface area contributed by atoms with Gasteiger partial charge in [0.2, 0.25) is 0 Å². The molecular formula is C14H19NO5S. The summed E-state index contributed by atoms with van der Waals surface area (Å²) in [7, 11) is -3.25. The molecule has 2 rings (SSSR count). The molecule has 0 aliphatic carbocycles. The van der Waals surface area contributed by atoms with Crippen molar-refractivity contribution in [2.45, 2.75) is 23.8 Å². The van der Waals surface area contributed by atoms with Crippen molar-refractivity contribution in [3.05, 3.63) is 24.3 Å². The van der Waals surface area contributed by atoms with Crippen molar-refractivity contribution in [3.63, 3.8) is 0 Å². The molecule has 1 atom stereocenters. The van der Waals surface area contributed by atoms with Crippen LogP contribution < -0.4 is 4.74 Å². The first-order chi connectivity index (χ1) is 9.88. The number of nitrogens with zero attached hydrogens (tertiary/aromatic N) is 1. The Bertz CT molecular complexity index is 614. The van der Waals surface area contributed by atoms with Crippen molar-refractivity contribution in [3.8, 4) is 5.75 Å². The predicted octanol–water partition coefficient (Wildman–Crippen LogP) is 1.02. The molecule has 1 aliphatic rings. The van der Waals surface area contributed by atoms with E-state index < -0.39 is 21.8 Å². The summed E-state index contributed by atoms with van der Waals surface area (Å²) < 4.78 is 28.4. The second-order valence-corrected chi connectivity index (χ2v) is 7.14. The second-order valence-electron chi connectivity index (χ2n) is 5.13. The number of sulfone groups is 1. The lowest BCUT2D eigenvalue weighted by atomic mass is 10.2. The Morgan fingerprint density at radius 2 is 2.24 bits per heavy atom. The summed E-state index contributed by atoms with van der Waals surface area (Å²) in [6.07, 6.45) is 2.69. The van der Waals surface area contributed by atoms with Gasteiger partial charge in [-0.25, -0.2) is 8.42 Å². The fourth-order valence-electron chi connectivity index (χ4n) is 2.45. The first-order valence-electron chi connectivity index (χ1n) is 6.78. The van der Waals surface area contributed by atoms with Gasteiger partial charge in [-0.15, -0.1) is 0 Å². The molecule has 6 nitrogen and oxygen atoms in total. The fraction of sp³-hybridized carbons (Fsp3) is 0.500. The molecule has 0 radical (unpaired) electrons. The first kappa shape index (κ1) is 15.8. The molecule has 0 saturated carbocycles. The average Bonchev–Trinajstić information content (AvgIpc) is 2.87. The third kappa shape index (κ3) is 4.18. The molecule has 1 fully saturated rings. The Morgan fingerprint density at radius 3 is 2.90 bits per heavy atom. The number of hydrogen-bond donors (Lipinski definition) is 1. The summed E-state index contributed by atoms with van der Waals surface area (Å²) in [4.78, 5) is 13.1. The highest BCUT2D eigenvalue weighted by atomic mass is 32.2. The number of carbonyl (C=O) groups is 1. The van der Waals surface area contributed by atoms with Gasteiger partial charge >= 0.3 is 5.97 Å². The number of carboxylic acids is 1. The van der Waals surface area contributed by atoms with Crippen molar-refractivity contribution < 1.29 is 23.1 Å². The van der Waals surface area contributed by atoms with E-state index in [1.165, 1.54) is 12.1 Å². The number of likely N-dealkylation sites (tertiary alicyclic amines) is 1. The van der Waals surface area contributed by atoms with E-state index in [9.17, 15) is 13.2 Å². The van der Waals surface area contributed by atoms with E-state index in [2.05, 4.69) is 0 Å². The number of carboxylic acid groups (broad SMARTS) is 1. The van der Waals surface area contributed by atoms with Crippen LogP contribution in [0.25, 0.3) is 0 Å². The number of ether oxygens (including phenoxy) is 1. The lowest BCUT2D eigenvalue weighted by Gasteiger charge is -2.20. The molecule has 1 heterocycles. The highest BCUT2D eigenvalue weighted by molar-refractivity contribution is 7.90. The van der Waals surface area contributed by atoms with Gasteiger partial charge in [0.05, 0.1) is 4.90 Å². The van der Waals surface area contributed by atoms with E-state index in [4.69, 9.17) is 9.84 Å². The van der Waals surface area contributed by atoms with Gasteiger partial charge in [-0.2, -0.15) is 0 Å². The topological polar surface area (TPSA) is 83.9 Å². The van der Waals surface area contributed by atoms with Gasteiger partial charge in [0.25, 0.3) is 0 Å². The van der Waals surface area contributed by atoms with Crippen LogP contribution in [-0.4, -0.2) is 56.4 Å². The lowest BCUT2D eigenvalue weighted by Crippen LogP contribution is -2.38. The van der Waals surface area contributed by atoms with Crippen LogP contribution in [0.3, 0.4) is 0 Å². The zero-order valence-electron chi connectivity index (χ0n) is 11.9. The Balaban J connectivity index is 1.91. The van der Waals surface area contributed by atoms with E-state index >= 15 is 0 Å². The van der Waals surface area contributed by atoms with E-state index in [0.29, 0.717) is 25.3 Å². The average molecular weight is 313 g/mol. The highest BCUT2D eigenvalue weighted by Gasteiger charge is 2.29. The summed E-state index contributed by atoms with van der Waals surface area (Å²) >= 11 is 0. The highest BCUT2D eigenvalue weighted by Crippen LogP contribution is 2.19. The molecule has 0 aromatic heterocycles. The molecule has 0 amide bonds. The Hall–Kier alpha value is -1.60. The zero-order valence-corrected chi connectivity index (χ0v) is 12.7. The largest absolute Gasteiger partial charge is 0.492 e. The molecule has 1 aromatic carbocycles. The predicted molar refractivity (Wildman–Crippen MR) is 77.3 cm³/mol. The van der Waals surface area contributed by atoms with Crippen LogP contribution in [0, 0.1) is 0 Å². The van der Waals surface area contributed by atoms with Crippen LogP contribution in [0.2, 0.25) is 0 Å². The fourth-order valence-corrected chi connectivity index (χ4v) is 3.10. The normalized spacial score (nSPS) is 19.6. The van der Waals surface area contributed by atoms with Gasteiger partial charge in [-0.1, -0.05) is 6.07 Å². The molecule has 1 N–H and O–H groups in total. The van der Waals surface area contributed by atoms with Crippen LogP contribution in [0.5, 0.6) is 5.75 Å². The van der Waals surface area contributed by atoms with E-state index in [0.717, 1.165) is 19.2 Å². The molecule has 7 heteroatoms. The van der Waals surface area contributed by atoms with Gasteiger partial charge in [0.15, 0.2) is 9.84 Å². The summed E-state index contributed by atoms with van der Waals surface area (Å²) in [5, 5.41) is 9.08. The molecular weight excluding hydrogens is 294 g/mol. The van der Waals surface area contributed by atoms with Crippen molar-refractivity contribution in [2.75, 3.05) is 26.0 Å². The van der Waals surface area contributed by atoms with Crippen molar-refractivity contribution >= 4 is 15.8 Å². The minimum absolute atomic E-state index is 0.213. The quantitative estimate of drug-likeness (QED) is 0.844. The lowest BCUT2D eigenvalue weighted by molar-refractivity contribution is -0.142. The van der Waals surface area contributed by atoms with Crippen LogP contribution in [0.1, 0.15) is 12.8 Å². The molecule has 1 saturated heterocycles. The van der Waals surface area contributed by atoms with Gasteiger partial charge in [0.1, 0.15) is 18.4 Å². The SMILES string of the molecule is CS(=O)(=O)c1cccc(OCCN2CCCC2C(=O)O)c1. The number of hydrogen-bond acceptors (Lipinski definition) is 5. The minimum Gasteiger partial charge on any atom is -0.492 e. The van der Waals surface area contributed by atoms with Crippen molar-refractivity contribution in [1.29, 1.82) is 0 Å². The van der Waals surface area contributed by atoms with Crippen LogP contribution in [-0.2, 0) is 14.6 Å². The number of benzene rings is 1. The molecule has 1 aliphatic heterocycles. The Kier molecular flexibility index (Phi) is 4.84. The molecule has 116 valence electrons. The molecule has 1 aromatic rings. The standard InChI is InChI=1S/C14H19NO5S/c1-21(18,19)12-5-2-4-11(10-12)20-9-8-15-7-3-6-13(15)14(16)17/h2,4-5,10,13H,3,6-9H2,1H3,(H,16,17). The smallest absolute Gasteiger partial charge is 0.320 e. The summed E-state index contributed by atoms with van der Waals surface area (Å²) in [5.74, 6) is -0.324. The maximum Gasteiger partial charge on any atom is 0.320 e. The van der Waals surface area contributed by atoms with Crippen molar-refractivity contribution in [2.24, 2.45) is 0 Å². The van der Waals surface area contributed by atoms with E-state index in [1.54, 1.807) is 12.1 Å². The van der Waals surface area contributed by atoms with Gasteiger partial charge < -0.3 is 9.84 Å². The minimum atomic E-state index is -3.25. The monoisotopic (exact) mass is 313 g/mol. The van der Waals surface area contributed by atoms with Crippen LogP contribution >= 0.6 is 0 Å². The van der Waals surface area contributed by atoms with Gasteiger partial charge in [-0.05, 0) is 37.6 Å². The van der Waals surface area contributed by atoms with Crippen LogP contribution in [0.4, 0.5) is 0 Å². The third-order valence-electron chi connectivity index (χ3n) is 3.53. The summed E-state index contributed by atoms with van der Waals surface area (Å²) in [6, 6.07) is 5.88. The zero-order chi connectivity index (χ0) is 15.5. The van der Waals surface area contributed by atoms with Gasteiger partial charge in [0, 0.05) is 12.8 Å². The maximum absolute atomic E-state index is 11.5. The Labute approximate surface area is 124 Å². The maximum atomic E-state index is 11.5. The van der Waals surface area contributed by atoms with E-state index in [-0.39, 0.29) is 4.90 Å². The summed E-state index contributed by atoms with van der Waals surface area (Å²) in [5.41, 5.74) is 0. The van der Waals surface area contributed by atoms with Gasteiger partial charge in [-0.3, -0.25) is 9.69 Å².